The molecule has 0 amide bonds. The summed E-state index contributed by atoms with van der Waals surface area (Å²) in [6, 6.07) is 26.0. The maximum atomic E-state index is 8.35. The third-order valence-corrected chi connectivity index (χ3v) is 3.65. The second kappa shape index (κ2) is 13.1. The zero-order valence-corrected chi connectivity index (χ0v) is 14.2. The van der Waals surface area contributed by atoms with Gasteiger partial charge in [-0.05, 0) is 32.3 Å². The van der Waals surface area contributed by atoms with Crippen LogP contribution in [-0.2, 0) is 14.4 Å². The van der Waals surface area contributed by atoms with Crippen molar-refractivity contribution in [2.45, 2.75) is 7.43 Å². The SMILES string of the molecule is C.N=C=O.N=C=O.N=C=O.c1ccc2c(c1)c1ccccc1c1ccccc21. The first-order valence-electron chi connectivity index (χ1n) is 7.59. The van der Waals surface area contributed by atoms with Crippen LogP contribution in [0.2, 0.25) is 0 Å². The summed E-state index contributed by atoms with van der Waals surface area (Å²) < 4.78 is 0. The van der Waals surface area contributed by atoms with Crippen molar-refractivity contribution < 1.29 is 14.4 Å². The van der Waals surface area contributed by atoms with Gasteiger partial charge >= 0.3 is 0 Å². The fraction of sp³-hybridized carbons (Fsp3) is 0.0455. The first kappa shape index (κ1) is 23.8. The van der Waals surface area contributed by atoms with Crippen LogP contribution in [0.5, 0.6) is 0 Å². The van der Waals surface area contributed by atoms with Gasteiger partial charge in [0.05, 0.1) is 0 Å². The van der Waals surface area contributed by atoms with Crippen molar-refractivity contribution in [3.05, 3.63) is 72.8 Å². The quantitative estimate of drug-likeness (QED) is 0.215. The molecule has 3 N–H and O–H groups in total. The molecule has 0 atom stereocenters. The van der Waals surface area contributed by atoms with E-state index in [9.17, 15) is 0 Å². The van der Waals surface area contributed by atoms with Gasteiger partial charge < -0.3 is 0 Å². The Morgan fingerprint density at radius 1 is 0.429 bits per heavy atom. The number of nitrogens with one attached hydrogen (secondary N) is 3. The molecule has 0 heterocycles. The van der Waals surface area contributed by atoms with E-state index < -0.39 is 0 Å². The summed E-state index contributed by atoms with van der Waals surface area (Å²) in [6.07, 6.45) is 2.25. The minimum Gasteiger partial charge on any atom is -0.222 e. The molecule has 140 valence electrons. The lowest BCUT2D eigenvalue weighted by Crippen LogP contribution is -1.81. The van der Waals surface area contributed by atoms with Gasteiger partial charge in [-0.1, -0.05) is 80.2 Å². The lowest BCUT2D eigenvalue weighted by atomic mass is 9.95. The highest BCUT2D eigenvalue weighted by molar-refractivity contribution is 6.25. The monoisotopic (exact) mass is 373 g/mol. The van der Waals surface area contributed by atoms with E-state index in [1.165, 1.54) is 32.3 Å². The highest BCUT2D eigenvalue weighted by Gasteiger charge is 2.06. The van der Waals surface area contributed by atoms with E-state index in [1.54, 1.807) is 0 Å². The van der Waals surface area contributed by atoms with Crippen LogP contribution >= 0.6 is 0 Å². The fourth-order valence-corrected chi connectivity index (χ4v) is 2.86. The summed E-state index contributed by atoms with van der Waals surface area (Å²) >= 11 is 0. The molecule has 0 spiro atoms. The van der Waals surface area contributed by atoms with Gasteiger partial charge in [-0.15, -0.1) is 0 Å². The van der Waals surface area contributed by atoms with Gasteiger partial charge in [0.15, 0.2) is 0 Å². The van der Waals surface area contributed by atoms with Crippen LogP contribution < -0.4 is 0 Å². The van der Waals surface area contributed by atoms with Crippen LogP contribution in [-0.4, -0.2) is 18.2 Å². The molecule has 0 aliphatic rings. The molecule has 0 aromatic heterocycles. The topological polar surface area (TPSA) is 123 Å². The van der Waals surface area contributed by atoms with Crippen molar-refractivity contribution in [2.24, 2.45) is 0 Å². The second-order valence-electron chi connectivity index (χ2n) is 4.94. The van der Waals surface area contributed by atoms with Crippen molar-refractivity contribution in [3.8, 4) is 0 Å². The average molecular weight is 373 g/mol. The number of rotatable bonds is 0. The Morgan fingerprint density at radius 3 is 0.643 bits per heavy atom. The van der Waals surface area contributed by atoms with Gasteiger partial charge in [0.2, 0.25) is 18.2 Å². The van der Waals surface area contributed by atoms with Gasteiger partial charge in [-0.25, -0.2) is 30.6 Å². The van der Waals surface area contributed by atoms with Gasteiger partial charge in [0.25, 0.3) is 0 Å². The van der Waals surface area contributed by atoms with Crippen molar-refractivity contribution in [1.29, 1.82) is 16.2 Å². The van der Waals surface area contributed by atoms with Crippen LogP contribution in [0.15, 0.2) is 72.8 Å². The standard InChI is InChI=1S/C18H12.3CHNO.CH4/c1-2-8-14-13(7-1)15-9-3-4-11-17(15)18-12-6-5-10-16(14)18;3*2-1-3;/h1-12H;3*2H;1H4. The number of fused-ring (bicyclic) bond motifs is 6. The summed E-state index contributed by atoms with van der Waals surface area (Å²) in [5.74, 6) is 0. The van der Waals surface area contributed by atoms with Crippen LogP contribution in [0.3, 0.4) is 0 Å². The molecule has 0 aliphatic heterocycles. The molecule has 0 fully saturated rings. The van der Waals surface area contributed by atoms with Crippen LogP contribution in [0.1, 0.15) is 7.43 Å². The molecule has 4 aromatic rings. The first-order valence-corrected chi connectivity index (χ1v) is 7.59. The molecule has 0 saturated heterocycles. The molecule has 4 aromatic carbocycles. The molecule has 4 rings (SSSR count). The zero-order chi connectivity index (χ0) is 20.1. The van der Waals surface area contributed by atoms with Crippen molar-refractivity contribution in [1.82, 2.24) is 0 Å². The third kappa shape index (κ3) is 5.67. The Labute approximate surface area is 162 Å². The fourth-order valence-electron chi connectivity index (χ4n) is 2.86. The molecular weight excluding hydrogens is 354 g/mol. The lowest BCUT2D eigenvalue weighted by Gasteiger charge is -2.09. The Morgan fingerprint density at radius 2 is 0.536 bits per heavy atom. The molecule has 0 radical (unpaired) electrons. The highest BCUT2D eigenvalue weighted by atomic mass is 16.1. The van der Waals surface area contributed by atoms with E-state index >= 15 is 0 Å². The largest absolute Gasteiger partial charge is 0.231 e. The number of hydrogen-bond acceptors (Lipinski definition) is 6. The molecule has 28 heavy (non-hydrogen) atoms. The summed E-state index contributed by atoms with van der Waals surface area (Å²) in [7, 11) is 0. The average Bonchev–Trinajstić information content (AvgIpc) is 2.70. The predicted molar refractivity (Wildman–Crippen MR) is 111 cm³/mol. The van der Waals surface area contributed by atoms with E-state index in [0.717, 1.165) is 18.2 Å². The molecule has 0 unspecified atom stereocenters. The Hall–Kier alpha value is -4.20. The molecule has 0 aliphatic carbocycles. The van der Waals surface area contributed by atoms with Crippen molar-refractivity contribution in [2.75, 3.05) is 0 Å². The van der Waals surface area contributed by atoms with E-state index in [4.69, 9.17) is 30.6 Å². The van der Waals surface area contributed by atoms with E-state index in [2.05, 4.69) is 72.8 Å². The number of hydrogen-bond donors (Lipinski definition) is 3. The van der Waals surface area contributed by atoms with Crippen LogP contribution in [0, 0.1) is 16.2 Å². The number of benzene rings is 4. The number of isocyanates is 3. The first-order chi connectivity index (χ1) is 13.2. The van der Waals surface area contributed by atoms with E-state index in [-0.39, 0.29) is 7.43 Å². The third-order valence-electron chi connectivity index (χ3n) is 3.65. The van der Waals surface area contributed by atoms with Gasteiger partial charge in [-0.2, -0.15) is 0 Å². The van der Waals surface area contributed by atoms with Gasteiger partial charge in [0, 0.05) is 0 Å². The van der Waals surface area contributed by atoms with Crippen LogP contribution in [0.4, 0.5) is 0 Å². The van der Waals surface area contributed by atoms with Gasteiger partial charge in [0.1, 0.15) is 0 Å². The number of carbonyl (C=O) groups excluding carboxylic acids is 3. The normalized spacial score (nSPS) is 8.14. The molecule has 0 saturated carbocycles. The van der Waals surface area contributed by atoms with Gasteiger partial charge in [-0.3, -0.25) is 0 Å². The zero-order valence-electron chi connectivity index (χ0n) is 14.2. The minimum absolute atomic E-state index is 0. The Bertz CT molecular complexity index is 902. The van der Waals surface area contributed by atoms with Crippen LogP contribution in [0.25, 0.3) is 32.3 Å². The summed E-state index contributed by atoms with van der Waals surface area (Å²) in [6.45, 7) is 0. The molecular formula is C22H19N3O3. The van der Waals surface area contributed by atoms with E-state index in [0.29, 0.717) is 0 Å². The summed E-state index contributed by atoms with van der Waals surface area (Å²) in [5, 5.41) is 24.2. The van der Waals surface area contributed by atoms with Crippen molar-refractivity contribution >= 4 is 50.6 Å². The maximum Gasteiger partial charge on any atom is 0.231 e. The molecule has 6 nitrogen and oxygen atoms in total. The molecule has 6 heteroatoms. The Kier molecular flexibility index (Phi) is 11.1. The predicted octanol–water partition coefficient (Wildman–Crippen LogP) is 5.49. The minimum atomic E-state index is 0. The second-order valence-corrected chi connectivity index (χ2v) is 4.94. The maximum absolute atomic E-state index is 8.35. The van der Waals surface area contributed by atoms with E-state index in [1.807, 2.05) is 0 Å². The lowest BCUT2D eigenvalue weighted by molar-refractivity contribution is 0.562. The van der Waals surface area contributed by atoms with Crippen molar-refractivity contribution in [3.63, 3.8) is 0 Å². The molecule has 0 bridgehead atoms. The summed E-state index contributed by atoms with van der Waals surface area (Å²) in [4.78, 5) is 25.0. The highest BCUT2D eigenvalue weighted by Crippen LogP contribution is 2.34. The Balaban J connectivity index is 0.000000632. The smallest absolute Gasteiger partial charge is 0.222 e. The summed E-state index contributed by atoms with van der Waals surface area (Å²) in [5.41, 5.74) is 0.